The first-order chi connectivity index (χ1) is 8.99. The molecule has 0 bridgehead atoms. The predicted molar refractivity (Wildman–Crippen MR) is 75.6 cm³/mol. The fraction of sp³-hybridized carbons (Fsp3) is 0.429. The van der Waals surface area contributed by atoms with Gasteiger partial charge in [-0.3, -0.25) is 4.79 Å². The largest absolute Gasteiger partial charge is 0.368 e. The van der Waals surface area contributed by atoms with Crippen molar-refractivity contribution in [3.05, 3.63) is 29.3 Å². The molecule has 0 unspecified atom stereocenters. The number of primary amides is 1. The molecule has 102 valence electrons. The van der Waals surface area contributed by atoms with Gasteiger partial charge in [0.25, 0.3) is 0 Å². The van der Waals surface area contributed by atoms with Gasteiger partial charge in [-0.25, -0.2) is 0 Å². The van der Waals surface area contributed by atoms with Crippen molar-refractivity contribution >= 4 is 11.6 Å². The molecule has 5 nitrogen and oxygen atoms in total. The molecule has 3 N–H and O–H groups in total. The molecule has 1 aromatic rings. The Kier molecular flexibility index (Phi) is 5.34. The van der Waals surface area contributed by atoms with Crippen LogP contribution in [-0.4, -0.2) is 25.5 Å². The Balaban J connectivity index is 3.16. The van der Waals surface area contributed by atoms with Crippen LogP contribution in [0.2, 0.25) is 0 Å². The van der Waals surface area contributed by atoms with Crippen molar-refractivity contribution in [3.8, 4) is 6.07 Å². The van der Waals surface area contributed by atoms with Crippen LogP contribution in [0.15, 0.2) is 18.2 Å². The highest BCUT2D eigenvalue weighted by Gasteiger charge is 2.16. The molecule has 0 aliphatic carbocycles. The molecule has 0 saturated heterocycles. The van der Waals surface area contributed by atoms with E-state index in [1.165, 1.54) is 0 Å². The van der Waals surface area contributed by atoms with Crippen LogP contribution in [0.1, 0.15) is 25.0 Å². The van der Waals surface area contributed by atoms with E-state index >= 15 is 0 Å². The van der Waals surface area contributed by atoms with Gasteiger partial charge in [-0.15, -0.1) is 0 Å². The number of carbonyl (C=O) groups is 1. The van der Waals surface area contributed by atoms with Gasteiger partial charge in [-0.1, -0.05) is 6.07 Å². The first-order valence-electron chi connectivity index (χ1n) is 6.22. The number of carbonyl (C=O) groups excluding carboxylic acids is 1. The van der Waals surface area contributed by atoms with Crippen molar-refractivity contribution in [2.75, 3.05) is 18.5 Å². The number of nitriles is 1. The third-order valence-corrected chi connectivity index (χ3v) is 2.82. The molecule has 0 heterocycles. The average molecular weight is 260 g/mol. The monoisotopic (exact) mass is 260 g/mol. The van der Waals surface area contributed by atoms with Gasteiger partial charge in [0.05, 0.1) is 17.8 Å². The number of hydrogen-bond donors (Lipinski definition) is 2. The van der Waals surface area contributed by atoms with Crippen LogP contribution in [0.4, 0.5) is 5.69 Å². The molecular formula is C14H20N4O. The van der Waals surface area contributed by atoms with E-state index in [1.54, 1.807) is 0 Å². The quantitative estimate of drug-likeness (QED) is 0.798. The zero-order valence-corrected chi connectivity index (χ0v) is 11.6. The molecule has 19 heavy (non-hydrogen) atoms. The molecule has 1 amide bonds. The lowest BCUT2D eigenvalue weighted by Gasteiger charge is -2.28. The summed E-state index contributed by atoms with van der Waals surface area (Å²) >= 11 is 0. The van der Waals surface area contributed by atoms with Crippen molar-refractivity contribution in [2.24, 2.45) is 5.73 Å². The smallest absolute Gasteiger partial charge is 0.236 e. The second kappa shape index (κ2) is 6.76. The second-order valence-corrected chi connectivity index (χ2v) is 4.68. The van der Waals surface area contributed by atoms with Crippen LogP contribution in [0.3, 0.4) is 0 Å². The Hall–Kier alpha value is -2.06. The van der Waals surface area contributed by atoms with E-state index in [4.69, 9.17) is 5.73 Å². The molecule has 0 spiro atoms. The summed E-state index contributed by atoms with van der Waals surface area (Å²) < 4.78 is 0. The van der Waals surface area contributed by atoms with Gasteiger partial charge in [0, 0.05) is 12.6 Å². The number of hydrogen-bond acceptors (Lipinski definition) is 4. The molecule has 0 aliphatic rings. The Morgan fingerprint density at radius 1 is 1.53 bits per heavy atom. The second-order valence-electron chi connectivity index (χ2n) is 4.68. The van der Waals surface area contributed by atoms with Gasteiger partial charge in [0.2, 0.25) is 5.91 Å². The van der Waals surface area contributed by atoms with Crippen molar-refractivity contribution in [3.63, 3.8) is 0 Å². The molecule has 0 atom stereocenters. The van der Waals surface area contributed by atoms with Crippen LogP contribution in [0.5, 0.6) is 0 Å². The molecule has 5 heteroatoms. The maximum Gasteiger partial charge on any atom is 0.236 e. The molecular weight excluding hydrogens is 240 g/mol. The molecule has 0 aliphatic heterocycles. The summed E-state index contributed by atoms with van der Waals surface area (Å²) in [6, 6.07) is 7.93. The number of nitrogens with one attached hydrogen (secondary N) is 1. The maximum absolute atomic E-state index is 11.1. The van der Waals surface area contributed by atoms with Crippen LogP contribution < -0.4 is 16.0 Å². The van der Waals surface area contributed by atoms with Crippen molar-refractivity contribution in [1.29, 1.82) is 5.26 Å². The molecule has 0 fully saturated rings. The van der Waals surface area contributed by atoms with Gasteiger partial charge in [-0.2, -0.15) is 5.26 Å². The lowest BCUT2D eigenvalue weighted by Crippen LogP contribution is -2.39. The third-order valence-electron chi connectivity index (χ3n) is 2.82. The van der Waals surface area contributed by atoms with Gasteiger partial charge in [-0.05, 0) is 38.6 Å². The fourth-order valence-electron chi connectivity index (χ4n) is 1.95. The number of rotatable bonds is 6. The van der Waals surface area contributed by atoms with E-state index in [-0.39, 0.29) is 12.6 Å². The topological polar surface area (TPSA) is 82.2 Å². The van der Waals surface area contributed by atoms with Crippen LogP contribution in [0, 0.1) is 11.3 Å². The van der Waals surface area contributed by atoms with Crippen molar-refractivity contribution in [2.45, 2.75) is 26.4 Å². The van der Waals surface area contributed by atoms with E-state index < -0.39 is 5.91 Å². The normalized spacial score (nSPS) is 10.3. The summed E-state index contributed by atoms with van der Waals surface area (Å²) in [6.07, 6.45) is 0. The number of anilines is 1. The van der Waals surface area contributed by atoms with Gasteiger partial charge in [0.1, 0.15) is 6.07 Å². The highest BCUT2D eigenvalue weighted by molar-refractivity contribution is 5.80. The minimum Gasteiger partial charge on any atom is -0.368 e. The Bertz CT molecular complexity index is 491. The maximum atomic E-state index is 11.1. The minimum atomic E-state index is -0.406. The van der Waals surface area contributed by atoms with E-state index in [9.17, 15) is 10.1 Å². The molecule has 1 aromatic carbocycles. The van der Waals surface area contributed by atoms with Crippen LogP contribution >= 0.6 is 0 Å². The molecule has 0 radical (unpaired) electrons. The Morgan fingerprint density at radius 2 is 2.21 bits per heavy atom. The molecule has 0 aromatic heterocycles. The van der Waals surface area contributed by atoms with E-state index in [2.05, 4.69) is 11.4 Å². The van der Waals surface area contributed by atoms with Gasteiger partial charge < -0.3 is 16.0 Å². The number of amides is 1. The van der Waals surface area contributed by atoms with Crippen molar-refractivity contribution in [1.82, 2.24) is 5.32 Å². The summed E-state index contributed by atoms with van der Waals surface area (Å²) in [5, 5.41) is 12.3. The average Bonchev–Trinajstić information content (AvgIpc) is 2.36. The van der Waals surface area contributed by atoms with E-state index in [0.29, 0.717) is 12.1 Å². The molecule has 0 saturated carbocycles. The highest BCUT2D eigenvalue weighted by Crippen LogP contribution is 2.23. The fourth-order valence-corrected chi connectivity index (χ4v) is 1.95. The SMILES string of the molecule is CNCc1ccc(N(CC(N)=O)C(C)C)c(C#N)c1. The van der Waals surface area contributed by atoms with E-state index in [1.807, 2.05) is 44.0 Å². The standard InChI is InChI=1S/C14H20N4O/c1-10(2)18(9-14(16)19)13-5-4-11(8-17-3)6-12(13)7-15/h4-6,10,17H,8-9H2,1-3H3,(H2,16,19). The Morgan fingerprint density at radius 3 is 2.68 bits per heavy atom. The minimum absolute atomic E-state index is 0.0924. The number of nitrogens with two attached hydrogens (primary N) is 1. The number of nitrogens with zero attached hydrogens (tertiary/aromatic N) is 2. The van der Waals surface area contributed by atoms with Gasteiger partial charge in [0.15, 0.2) is 0 Å². The van der Waals surface area contributed by atoms with E-state index in [0.717, 1.165) is 11.3 Å². The zero-order chi connectivity index (χ0) is 14.4. The van der Waals surface area contributed by atoms with Gasteiger partial charge >= 0.3 is 0 Å². The number of benzene rings is 1. The van der Waals surface area contributed by atoms with Crippen molar-refractivity contribution < 1.29 is 4.79 Å². The zero-order valence-electron chi connectivity index (χ0n) is 11.6. The summed E-state index contributed by atoms with van der Waals surface area (Å²) in [6.45, 7) is 4.74. The lowest BCUT2D eigenvalue weighted by molar-refractivity contribution is -0.116. The summed E-state index contributed by atoms with van der Waals surface area (Å²) in [5.41, 5.74) is 7.60. The molecule has 1 rings (SSSR count). The Labute approximate surface area is 114 Å². The highest BCUT2D eigenvalue weighted by atomic mass is 16.1. The lowest BCUT2D eigenvalue weighted by atomic mass is 10.1. The first-order valence-corrected chi connectivity index (χ1v) is 6.22. The predicted octanol–water partition coefficient (Wildman–Crippen LogP) is 0.978. The summed E-state index contributed by atoms with van der Waals surface area (Å²) in [7, 11) is 1.85. The summed E-state index contributed by atoms with van der Waals surface area (Å²) in [5.74, 6) is -0.406. The van der Waals surface area contributed by atoms with Crippen LogP contribution in [0.25, 0.3) is 0 Å². The van der Waals surface area contributed by atoms with Crippen LogP contribution in [-0.2, 0) is 11.3 Å². The first kappa shape index (κ1) is 15.0. The third kappa shape index (κ3) is 3.97. The summed E-state index contributed by atoms with van der Waals surface area (Å²) in [4.78, 5) is 13.0.